The Labute approximate surface area is 139 Å². The normalized spacial score (nSPS) is 10.3. The first-order valence-electron chi connectivity index (χ1n) is 7.60. The van der Waals surface area contributed by atoms with Crippen LogP contribution in [0.4, 0.5) is 5.69 Å². The zero-order chi connectivity index (χ0) is 16.6. The highest BCUT2D eigenvalue weighted by atomic mass is 16.5. The van der Waals surface area contributed by atoms with Crippen LogP contribution in [-0.2, 0) is 11.2 Å². The van der Waals surface area contributed by atoms with E-state index in [-0.39, 0.29) is 12.5 Å². The Morgan fingerprint density at radius 2 is 2.00 bits per heavy atom. The fourth-order valence-corrected chi connectivity index (χ4v) is 2.08. The molecule has 0 saturated carbocycles. The summed E-state index contributed by atoms with van der Waals surface area (Å²) in [6.45, 7) is 0.633. The molecule has 0 bridgehead atoms. The smallest absolute Gasteiger partial charge is 0.257 e. The van der Waals surface area contributed by atoms with Gasteiger partial charge in [-0.05, 0) is 24.3 Å². The van der Waals surface area contributed by atoms with Gasteiger partial charge < -0.3 is 15.2 Å². The number of nitrogens with one attached hydrogen (secondary N) is 2. The molecule has 122 valence electrons. The molecule has 1 amide bonds. The van der Waals surface area contributed by atoms with Crippen LogP contribution in [0.25, 0.3) is 11.5 Å². The van der Waals surface area contributed by atoms with Gasteiger partial charge in [0.1, 0.15) is 0 Å². The second-order valence-corrected chi connectivity index (χ2v) is 5.08. The maximum Gasteiger partial charge on any atom is 0.257 e. The van der Waals surface area contributed by atoms with Crippen molar-refractivity contribution in [2.75, 3.05) is 18.4 Å². The van der Waals surface area contributed by atoms with Crippen molar-refractivity contribution in [1.82, 2.24) is 20.4 Å². The molecule has 2 N–H and O–H groups in total. The molecular formula is C17H17N5O2. The van der Waals surface area contributed by atoms with E-state index in [0.717, 1.165) is 11.3 Å². The van der Waals surface area contributed by atoms with Gasteiger partial charge in [0.05, 0.1) is 12.2 Å². The number of pyridine rings is 1. The molecule has 3 aromatic rings. The van der Waals surface area contributed by atoms with Crippen LogP contribution >= 0.6 is 0 Å². The average Bonchev–Trinajstić information content (AvgIpc) is 3.11. The first kappa shape index (κ1) is 15.7. The Bertz CT molecular complexity index is 774. The number of rotatable bonds is 7. The van der Waals surface area contributed by atoms with Crippen molar-refractivity contribution in [2.45, 2.75) is 6.42 Å². The number of hydrogen-bond donors (Lipinski definition) is 2. The predicted molar refractivity (Wildman–Crippen MR) is 89.2 cm³/mol. The lowest BCUT2D eigenvalue weighted by Gasteiger charge is -2.06. The van der Waals surface area contributed by atoms with Gasteiger partial charge in [0.25, 0.3) is 5.89 Å². The molecule has 7 nitrogen and oxygen atoms in total. The summed E-state index contributed by atoms with van der Waals surface area (Å²) in [6.07, 6.45) is 3.85. The summed E-state index contributed by atoms with van der Waals surface area (Å²) in [4.78, 5) is 20.1. The minimum Gasteiger partial charge on any atom is -0.375 e. The summed E-state index contributed by atoms with van der Waals surface area (Å²) in [5.74, 6) is 0.940. The highest BCUT2D eigenvalue weighted by Crippen LogP contribution is 2.15. The van der Waals surface area contributed by atoms with Gasteiger partial charge in [-0.2, -0.15) is 4.98 Å². The summed E-state index contributed by atoms with van der Waals surface area (Å²) in [5, 5.41) is 9.72. The van der Waals surface area contributed by atoms with E-state index in [4.69, 9.17) is 4.52 Å². The highest BCUT2D eigenvalue weighted by Gasteiger charge is 2.08. The fourth-order valence-electron chi connectivity index (χ4n) is 2.08. The maximum atomic E-state index is 11.8. The molecule has 7 heteroatoms. The highest BCUT2D eigenvalue weighted by molar-refractivity contribution is 5.80. The molecule has 0 unspecified atom stereocenters. The lowest BCUT2D eigenvalue weighted by Crippen LogP contribution is -2.31. The van der Waals surface area contributed by atoms with Crippen molar-refractivity contribution >= 4 is 11.6 Å². The largest absolute Gasteiger partial charge is 0.375 e. The Morgan fingerprint density at radius 3 is 2.79 bits per heavy atom. The van der Waals surface area contributed by atoms with Gasteiger partial charge >= 0.3 is 0 Å². The number of nitrogens with zero attached hydrogens (tertiary/aromatic N) is 3. The van der Waals surface area contributed by atoms with Crippen LogP contribution in [0.2, 0.25) is 0 Å². The van der Waals surface area contributed by atoms with Crippen molar-refractivity contribution in [2.24, 2.45) is 0 Å². The number of carbonyl (C=O) groups is 1. The second kappa shape index (κ2) is 7.87. The van der Waals surface area contributed by atoms with Crippen molar-refractivity contribution in [3.05, 3.63) is 60.7 Å². The summed E-state index contributed by atoms with van der Waals surface area (Å²) in [5.41, 5.74) is 1.68. The molecule has 0 aliphatic carbocycles. The second-order valence-electron chi connectivity index (χ2n) is 5.08. The topological polar surface area (TPSA) is 92.9 Å². The van der Waals surface area contributed by atoms with E-state index in [1.165, 1.54) is 0 Å². The zero-order valence-electron chi connectivity index (χ0n) is 13.0. The number of amides is 1. The SMILES string of the molecule is O=C(CNc1cccnc1)NCCc1noc(-c2ccccc2)n1. The maximum absolute atomic E-state index is 11.8. The van der Waals surface area contributed by atoms with Gasteiger partial charge in [-0.15, -0.1) is 0 Å². The van der Waals surface area contributed by atoms with Crippen molar-refractivity contribution < 1.29 is 9.32 Å². The van der Waals surface area contributed by atoms with Gasteiger partial charge in [0, 0.05) is 30.9 Å². The Kier molecular flexibility index (Phi) is 5.14. The molecule has 3 rings (SSSR count). The minimum atomic E-state index is -0.106. The van der Waals surface area contributed by atoms with E-state index in [9.17, 15) is 4.79 Å². The number of hydrogen-bond acceptors (Lipinski definition) is 6. The number of anilines is 1. The third-order valence-electron chi connectivity index (χ3n) is 3.27. The number of benzene rings is 1. The van der Waals surface area contributed by atoms with Crippen molar-refractivity contribution in [3.8, 4) is 11.5 Å². The third-order valence-corrected chi connectivity index (χ3v) is 3.27. The molecule has 2 aromatic heterocycles. The molecular weight excluding hydrogens is 306 g/mol. The molecule has 0 atom stereocenters. The van der Waals surface area contributed by atoms with E-state index in [1.807, 2.05) is 36.4 Å². The third kappa shape index (κ3) is 4.39. The van der Waals surface area contributed by atoms with Gasteiger partial charge in [-0.1, -0.05) is 23.4 Å². The molecule has 0 aliphatic rings. The molecule has 1 aromatic carbocycles. The molecule has 0 fully saturated rings. The number of carbonyl (C=O) groups excluding carboxylic acids is 1. The molecule has 0 radical (unpaired) electrons. The van der Waals surface area contributed by atoms with Crippen LogP contribution in [0.15, 0.2) is 59.4 Å². The van der Waals surface area contributed by atoms with Crippen molar-refractivity contribution in [3.63, 3.8) is 0 Å². The summed E-state index contributed by atoms with van der Waals surface area (Å²) in [6, 6.07) is 13.2. The quantitative estimate of drug-likeness (QED) is 0.690. The van der Waals surface area contributed by atoms with Crippen molar-refractivity contribution in [1.29, 1.82) is 0 Å². The van der Waals surface area contributed by atoms with E-state index in [0.29, 0.717) is 24.7 Å². The van der Waals surface area contributed by atoms with E-state index in [1.54, 1.807) is 18.5 Å². The van der Waals surface area contributed by atoms with E-state index in [2.05, 4.69) is 25.8 Å². The van der Waals surface area contributed by atoms with Crippen LogP contribution in [0.5, 0.6) is 0 Å². The molecule has 24 heavy (non-hydrogen) atoms. The molecule has 0 spiro atoms. The van der Waals surface area contributed by atoms with Crippen LogP contribution in [0.1, 0.15) is 5.82 Å². The lowest BCUT2D eigenvalue weighted by molar-refractivity contribution is -0.119. The van der Waals surface area contributed by atoms with Crippen LogP contribution in [0.3, 0.4) is 0 Å². The Balaban J connectivity index is 1.42. The molecule has 2 heterocycles. The summed E-state index contributed by atoms with van der Waals surface area (Å²) in [7, 11) is 0. The first-order valence-corrected chi connectivity index (χ1v) is 7.60. The van der Waals surface area contributed by atoms with Gasteiger partial charge in [0.2, 0.25) is 5.91 Å². The average molecular weight is 323 g/mol. The summed E-state index contributed by atoms with van der Waals surface area (Å²) >= 11 is 0. The van der Waals surface area contributed by atoms with E-state index >= 15 is 0 Å². The van der Waals surface area contributed by atoms with Crippen LogP contribution in [-0.4, -0.2) is 34.1 Å². The summed E-state index contributed by atoms with van der Waals surface area (Å²) < 4.78 is 5.22. The van der Waals surface area contributed by atoms with Gasteiger partial charge in [-0.3, -0.25) is 9.78 Å². The van der Waals surface area contributed by atoms with E-state index < -0.39 is 0 Å². The van der Waals surface area contributed by atoms with Gasteiger partial charge in [0.15, 0.2) is 5.82 Å². The predicted octanol–water partition coefficient (Wildman–Crippen LogP) is 1.90. The number of aromatic nitrogens is 3. The first-order chi connectivity index (χ1) is 11.8. The zero-order valence-corrected chi connectivity index (χ0v) is 13.0. The Hall–Kier alpha value is -3.22. The van der Waals surface area contributed by atoms with Crippen LogP contribution < -0.4 is 10.6 Å². The monoisotopic (exact) mass is 323 g/mol. The standard InChI is InChI=1S/C17H17N5O2/c23-16(12-20-14-7-4-9-18-11-14)19-10-8-15-21-17(24-22-15)13-5-2-1-3-6-13/h1-7,9,11,20H,8,10,12H2,(H,19,23). The fraction of sp³-hybridized carbons (Fsp3) is 0.176. The minimum absolute atomic E-state index is 0.106. The Morgan fingerprint density at radius 1 is 1.12 bits per heavy atom. The molecule has 0 aliphatic heterocycles. The lowest BCUT2D eigenvalue weighted by atomic mass is 10.2. The van der Waals surface area contributed by atoms with Crippen LogP contribution in [0, 0.1) is 0 Å². The molecule has 0 saturated heterocycles. The van der Waals surface area contributed by atoms with Gasteiger partial charge in [-0.25, -0.2) is 0 Å².